The third-order valence-corrected chi connectivity index (χ3v) is 2.53. The fraction of sp³-hybridized carbons (Fsp3) is 0.667. The Bertz CT molecular complexity index is 318. The summed E-state index contributed by atoms with van der Waals surface area (Å²) >= 11 is 0. The molecule has 0 aromatic carbocycles. The molecule has 7 nitrogen and oxygen atoms in total. The average molecular weight is 229 g/mol. The fourth-order valence-electron chi connectivity index (χ4n) is 1.78. The van der Waals surface area contributed by atoms with Gasteiger partial charge in [0.15, 0.2) is 0 Å². The Balaban J connectivity index is 2.65. The molecule has 16 heavy (non-hydrogen) atoms. The summed E-state index contributed by atoms with van der Waals surface area (Å²) in [5.74, 6) is -1.64. The first-order valence-electron chi connectivity index (χ1n) is 4.96. The molecule has 0 radical (unpaired) electrons. The zero-order chi connectivity index (χ0) is 12.3. The lowest BCUT2D eigenvalue weighted by atomic mass is 10.2. The molecule has 7 heteroatoms. The number of nitrogens with two attached hydrogens (primary N) is 1. The summed E-state index contributed by atoms with van der Waals surface area (Å²) in [7, 11) is 1.38. The topological polar surface area (TPSA) is 104 Å². The van der Waals surface area contributed by atoms with E-state index >= 15 is 0 Å². The number of likely N-dealkylation sites (N-methyl/N-ethyl adjacent to an activating group) is 1. The van der Waals surface area contributed by atoms with Gasteiger partial charge in [-0.3, -0.25) is 9.59 Å². The Morgan fingerprint density at radius 3 is 2.62 bits per heavy atom. The Hall–Kier alpha value is -1.79. The minimum Gasteiger partial charge on any atom is -0.480 e. The molecule has 1 heterocycles. The average Bonchev–Trinajstić information content (AvgIpc) is 2.63. The second kappa shape index (κ2) is 4.82. The van der Waals surface area contributed by atoms with Crippen LogP contribution in [-0.4, -0.2) is 59.0 Å². The number of carbonyl (C=O) groups is 3. The quantitative estimate of drug-likeness (QED) is 0.652. The molecule has 1 aliphatic heterocycles. The van der Waals surface area contributed by atoms with Crippen molar-refractivity contribution in [3.8, 4) is 0 Å². The van der Waals surface area contributed by atoms with Gasteiger partial charge in [0.05, 0.1) is 0 Å². The SMILES string of the molecule is CN(CC(=O)O)C(=O)N1CCCC1C(N)=O. The van der Waals surface area contributed by atoms with Gasteiger partial charge in [-0.1, -0.05) is 0 Å². The zero-order valence-electron chi connectivity index (χ0n) is 9.05. The number of aliphatic carboxylic acids is 1. The van der Waals surface area contributed by atoms with Gasteiger partial charge >= 0.3 is 12.0 Å². The molecular formula is C9H15N3O4. The minimum absolute atomic E-state index is 0.388. The standard InChI is InChI=1S/C9H15N3O4/c1-11(5-7(13)14)9(16)12-4-2-3-6(12)8(10)15/h6H,2-5H2,1H3,(H2,10,15)(H,13,14). The van der Waals surface area contributed by atoms with Crippen molar-refractivity contribution in [2.24, 2.45) is 5.73 Å². The minimum atomic E-state index is -1.09. The highest BCUT2D eigenvalue weighted by Crippen LogP contribution is 2.18. The van der Waals surface area contributed by atoms with Gasteiger partial charge in [-0.05, 0) is 12.8 Å². The number of likely N-dealkylation sites (tertiary alicyclic amines) is 1. The van der Waals surface area contributed by atoms with Crippen molar-refractivity contribution in [3.63, 3.8) is 0 Å². The predicted octanol–water partition coefficient (Wildman–Crippen LogP) is -0.927. The van der Waals surface area contributed by atoms with Crippen LogP contribution in [0.15, 0.2) is 0 Å². The van der Waals surface area contributed by atoms with Crippen molar-refractivity contribution >= 4 is 17.9 Å². The van der Waals surface area contributed by atoms with E-state index in [0.717, 1.165) is 4.90 Å². The number of urea groups is 1. The molecule has 1 unspecified atom stereocenters. The largest absolute Gasteiger partial charge is 0.480 e. The van der Waals surface area contributed by atoms with Gasteiger partial charge in [0.2, 0.25) is 5.91 Å². The van der Waals surface area contributed by atoms with E-state index in [-0.39, 0.29) is 6.54 Å². The van der Waals surface area contributed by atoms with Gasteiger partial charge in [0.25, 0.3) is 0 Å². The predicted molar refractivity (Wildman–Crippen MR) is 54.6 cm³/mol. The third-order valence-electron chi connectivity index (χ3n) is 2.53. The highest BCUT2D eigenvalue weighted by Gasteiger charge is 2.34. The molecule has 0 aromatic rings. The maximum absolute atomic E-state index is 11.8. The number of hydrogen-bond acceptors (Lipinski definition) is 3. The van der Waals surface area contributed by atoms with Gasteiger partial charge in [-0.25, -0.2) is 4.79 Å². The molecule has 0 saturated carbocycles. The van der Waals surface area contributed by atoms with Crippen LogP contribution in [0.4, 0.5) is 4.79 Å². The van der Waals surface area contributed by atoms with Gasteiger partial charge < -0.3 is 20.6 Å². The summed E-state index contributed by atoms with van der Waals surface area (Å²) in [6, 6.07) is -1.08. The Morgan fingerprint density at radius 2 is 2.12 bits per heavy atom. The maximum Gasteiger partial charge on any atom is 0.323 e. The first kappa shape index (κ1) is 12.3. The highest BCUT2D eigenvalue weighted by molar-refractivity contribution is 5.87. The number of carboxylic acid groups (broad SMARTS) is 1. The first-order valence-corrected chi connectivity index (χ1v) is 4.96. The Labute approximate surface area is 92.8 Å². The Kier molecular flexibility index (Phi) is 3.70. The number of carbonyl (C=O) groups excluding carboxylic acids is 2. The molecule has 0 aliphatic carbocycles. The Morgan fingerprint density at radius 1 is 1.50 bits per heavy atom. The summed E-state index contributed by atoms with van der Waals surface area (Å²) in [5.41, 5.74) is 5.16. The van der Waals surface area contributed by atoms with Crippen molar-refractivity contribution in [2.45, 2.75) is 18.9 Å². The summed E-state index contributed by atoms with van der Waals surface area (Å²) in [6.07, 6.45) is 1.25. The lowest BCUT2D eigenvalue weighted by molar-refractivity contribution is -0.137. The molecule has 0 bridgehead atoms. The van der Waals surface area contributed by atoms with Crippen molar-refractivity contribution in [3.05, 3.63) is 0 Å². The third kappa shape index (κ3) is 2.62. The van der Waals surface area contributed by atoms with Crippen LogP contribution in [0.2, 0.25) is 0 Å². The molecule has 3 N–H and O–H groups in total. The van der Waals surface area contributed by atoms with Crippen LogP contribution in [0, 0.1) is 0 Å². The van der Waals surface area contributed by atoms with E-state index in [0.29, 0.717) is 19.4 Å². The van der Waals surface area contributed by atoms with E-state index in [9.17, 15) is 14.4 Å². The molecule has 1 aliphatic rings. The second-order valence-electron chi connectivity index (χ2n) is 3.79. The van der Waals surface area contributed by atoms with E-state index in [4.69, 9.17) is 10.8 Å². The molecule has 1 rings (SSSR count). The maximum atomic E-state index is 11.8. The van der Waals surface area contributed by atoms with Crippen molar-refractivity contribution in [1.82, 2.24) is 9.80 Å². The second-order valence-corrected chi connectivity index (χ2v) is 3.79. The molecule has 0 aromatic heterocycles. The normalized spacial score (nSPS) is 19.6. The summed E-state index contributed by atoms with van der Waals surface area (Å²) in [4.78, 5) is 35.7. The van der Waals surface area contributed by atoms with E-state index in [1.807, 2.05) is 0 Å². The van der Waals surface area contributed by atoms with E-state index < -0.39 is 23.9 Å². The molecule has 1 fully saturated rings. The molecular weight excluding hydrogens is 214 g/mol. The lowest BCUT2D eigenvalue weighted by Gasteiger charge is -2.27. The van der Waals surface area contributed by atoms with Crippen LogP contribution in [0.3, 0.4) is 0 Å². The summed E-state index contributed by atoms with van der Waals surface area (Å²) < 4.78 is 0. The lowest BCUT2D eigenvalue weighted by Crippen LogP contribution is -2.49. The van der Waals surface area contributed by atoms with Crippen molar-refractivity contribution < 1.29 is 19.5 Å². The zero-order valence-corrected chi connectivity index (χ0v) is 9.05. The number of carboxylic acids is 1. The highest BCUT2D eigenvalue weighted by atomic mass is 16.4. The summed E-state index contributed by atoms with van der Waals surface area (Å²) in [5, 5.41) is 8.55. The molecule has 0 spiro atoms. The van der Waals surface area contributed by atoms with Gasteiger partial charge in [0, 0.05) is 13.6 Å². The fourth-order valence-corrected chi connectivity index (χ4v) is 1.78. The first-order chi connectivity index (χ1) is 7.43. The van der Waals surface area contributed by atoms with Crippen molar-refractivity contribution in [2.75, 3.05) is 20.1 Å². The monoisotopic (exact) mass is 229 g/mol. The van der Waals surface area contributed by atoms with Gasteiger partial charge in [-0.2, -0.15) is 0 Å². The molecule has 1 saturated heterocycles. The molecule has 1 atom stereocenters. The molecule has 3 amide bonds. The molecule has 90 valence electrons. The number of primary amides is 1. The van der Waals surface area contributed by atoms with E-state index in [1.54, 1.807) is 0 Å². The van der Waals surface area contributed by atoms with Crippen LogP contribution in [-0.2, 0) is 9.59 Å². The number of amides is 3. The van der Waals surface area contributed by atoms with Crippen LogP contribution < -0.4 is 5.73 Å². The van der Waals surface area contributed by atoms with Crippen molar-refractivity contribution in [1.29, 1.82) is 0 Å². The smallest absolute Gasteiger partial charge is 0.323 e. The number of hydrogen-bond donors (Lipinski definition) is 2. The number of nitrogens with zero attached hydrogens (tertiary/aromatic N) is 2. The van der Waals surface area contributed by atoms with Crippen LogP contribution in [0.25, 0.3) is 0 Å². The van der Waals surface area contributed by atoms with E-state index in [1.165, 1.54) is 11.9 Å². The van der Waals surface area contributed by atoms with E-state index in [2.05, 4.69) is 0 Å². The van der Waals surface area contributed by atoms with Crippen LogP contribution in [0.1, 0.15) is 12.8 Å². The van der Waals surface area contributed by atoms with Crippen LogP contribution >= 0.6 is 0 Å². The van der Waals surface area contributed by atoms with Gasteiger partial charge in [-0.15, -0.1) is 0 Å². The van der Waals surface area contributed by atoms with Gasteiger partial charge in [0.1, 0.15) is 12.6 Å². The summed E-state index contributed by atoms with van der Waals surface area (Å²) in [6.45, 7) is 0.0528. The van der Waals surface area contributed by atoms with Crippen LogP contribution in [0.5, 0.6) is 0 Å². The number of rotatable bonds is 3.